The Balaban J connectivity index is 0.000000751. The van der Waals surface area contributed by atoms with E-state index in [1.54, 1.807) is 0 Å². The number of aliphatic hydroxyl groups excluding tert-OH is 1. The average molecular weight is 371 g/mol. The summed E-state index contributed by atoms with van der Waals surface area (Å²) in [4.78, 5) is 2.44. The van der Waals surface area contributed by atoms with Crippen molar-refractivity contribution in [2.75, 3.05) is 13.1 Å². The summed E-state index contributed by atoms with van der Waals surface area (Å²) in [5, 5.41) is 10.4. The molecule has 2 rings (SSSR count). The number of hydrogen-bond donors (Lipinski definition) is 1. The topological polar surface area (TPSA) is 23.5 Å². The second-order valence-corrected chi connectivity index (χ2v) is 6.11. The Morgan fingerprint density at radius 2 is 1.25 bits per heavy atom. The Kier molecular flexibility index (Phi) is 16.0. The molecule has 2 atom stereocenters. The van der Waals surface area contributed by atoms with Gasteiger partial charge in [-0.2, -0.15) is 0 Å². The molecule has 0 saturated heterocycles. The van der Waals surface area contributed by atoms with Crippen molar-refractivity contribution < 1.29 is 22.2 Å². The van der Waals surface area contributed by atoms with Gasteiger partial charge in [0.05, 0.1) is 6.10 Å². The standard InChI is InChI=1S/C16H28NO.C5H5.Fe/c1-4-6-12-17(13-7-5-2)14(3)16(18)15-10-8-9-11-15;1-2-4-5-3-1;/h8-11,14,16,18H,4-7,12-13H2,1-3H3;1-5H;/q;;+2/t14-,16-;;/m0../s1. The van der Waals surface area contributed by atoms with E-state index in [4.69, 9.17) is 0 Å². The van der Waals surface area contributed by atoms with Gasteiger partial charge in [0, 0.05) is 12.0 Å². The van der Waals surface area contributed by atoms with Crippen molar-refractivity contribution in [3.8, 4) is 0 Å². The summed E-state index contributed by atoms with van der Waals surface area (Å²) in [5.74, 6) is 1.04. The van der Waals surface area contributed by atoms with E-state index in [0.717, 1.165) is 19.0 Å². The van der Waals surface area contributed by atoms with Crippen LogP contribution in [-0.4, -0.2) is 35.2 Å². The first-order chi connectivity index (χ1) is 11.2. The van der Waals surface area contributed by atoms with Gasteiger partial charge in [0.1, 0.15) is 0 Å². The van der Waals surface area contributed by atoms with Crippen LogP contribution in [0, 0.1) is 63.7 Å². The zero-order chi connectivity index (χ0) is 16.9. The van der Waals surface area contributed by atoms with Gasteiger partial charge in [-0.25, -0.2) is 0 Å². The minimum atomic E-state index is -0.367. The summed E-state index contributed by atoms with van der Waals surface area (Å²) in [6, 6.07) is 0.200. The first-order valence-corrected chi connectivity index (χ1v) is 9.01. The van der Waals surface area contributed by atoms with Gasteiger partial charge in [-0.15, -0.1) is 0 Å². The molecular weight excluding hydrogens is 338 g/mol. The Bertz CT molecular complexity index is 249. The van der Waals surface area contributed by atoms with E-state index < -0.39 is 0 Å². The van der Waals surface area contributed by atoms with Gasteiger partial charge in [0.2, 0.25) is 0 Å². The molecule has 2 aliphatic rings. The van der Waals surface area contributed by atoms with Crippen LogP contribution in [0.3, 0.4) is 0 Å². The molecule has 0 amide bonds. The van der Waals surface area contributed by atoms with Gasteiger partial charge in [0.25, 0.3) is 0 Å². The van der Waals surface area contributed by atoms with Gasteiger partial charge in [0.15, 0.2) is 0 Å². The smallest absolute Gasteiger partial charge is 0.391 e. The molecule has 134 valence electrons. The third-order valence-electron chi connectivity index (χ3n) is 4.22. The molecule has 2 nitrogen and oxygen atoms in total. The Labute approximate surface area is 162 Å². The van der Waals surface area contributed by atoms with Crippen molar-refractivity contribution in [1.82, 2.24) is 4.90 Å². The molecule has 0 aliphatic heterocycles. The van der Waals surface area contributed by atoms with Crippen LogP contribution < -0.4 is 0 Å². The Morgan fingerprint density at radius 1 is 0.833 bits per heavy atom. The number of rotatable bonds is 9. The molecular formula is C21H33FeNO+2. The molecule has 2 aliphatic carbocycles. The summed E-state index contributed by atoms with van der Waals surface area (Å²) >= 11 is 0. The quantitative estimate of drug-likeness (QED) is 0.618. The third-order valence-corrected chi connectivity index (χ3v) is 4.22. The minimum absolute atomic E-state index is 0. The molecule has 0 unspecified atom stereocenters. The van der Waals surface area contributed by atoms with Crippen molar-refractivity contribution in [2.45, 2.75) is 58.6 Å². The van der Waals surface area contributed by atoms with E-state index in [-0.39, 0.29) is 29.2 Å². The van der Waals surface area contributed by atoms with Gasteiger partial charge in [-0.1, -0.05) is 26.7 Å². The molecule has 0 aromatic carbocycles. The molecule has 0 heterocycles. The molecule has 2 saturated carbocycles. The Hall–Kier alpha value is 0.439. The first-order valence-electron chi connectivity index (χ1n) is 9.01. The molecule has 3 heteroatoms. The fraction of sp³-hybridized carbons (Fsp3) is 0.524. The van der Waals surface area contributed by atoms with E-state index in [2.05, 4.69) is 25.7 Å². The summed E-state index contributed by atoms with van der Waals surface area (Å²) in [6.45, 7) is 8.76. The predicted molar refractivity (Wildman–Crippen MR) is 98.8 cm³/mol. The van der Waals surface area contributed by atoms with Gasteiger partial charge < -0.3 is 5.11 Å². The van der Waals surface area contributed by atoms with Crippen molar-refractivity contribution in [2.24, 2.45) is 0 Å². The largest absolute Gasteiger partial charge is 2.00 e. The van der Waals surface area contributed by atoms with Crippen molar-refractivity contribution in [1.29, 1.82) is 0 Å². The van der Waals surface area contributed by atoms with Gasteiger partial charge in [-0.3, -0.25) is 4.90 Å². The molecule has 0 spiro atoms. The normalized spacial score (nSPS) is 20.4. The van der Waals surface area contributed by atoms with E-state index in [9.17, 15) is 5.11 Å². The summed E-state index contributed by atoms with van der Waals surface area (Å²) in [7, 11) is 0. The van der Waals surface area contributed by atoms with Crippen LogP contribution in [0.5, 0.6) is 0 Å². The summed E-state index contributed by atoms with van der Waals surface area (Å²) in [5.41, 5.74) is 0. The van der Waals surface area contributed by atoms with Crippen LogP contribution in [0.4, 0.5) is 0 Å². The van der Waals surface area contributed by atoms with E-state index >= 15 is 0 Å². The molecule has 1 N–H and O–H groups in total. The average Bonchev–Trinajstić information content (AvgIpc) is 3.29. The maximum absolute atomic E-state index is 10.4. The molecule has 0 aromatic heterocycles. The van der Waals surface area contributed by atoms with Crippen LogP contribution in [0.25, 0.3) is 0 Å². The van der Waals surface area contributed by atoms with Crippen molar-refractivity contribution >= 4 is 0 Å². The summed E-state index contributed by atoms with van der Waals surface area (Å²) < 4.78 is 0. The van der Waals surface area contributed by atoms with E-state index in [1.807, 2.05) is 57.8 Å². The second kappa shape index (κ2) is 15.7. The van der Waals surface area contributed by atoms with E-state index in [0.29, 0.717) is 0 Å². The zero-order valence-corrected chi connectivity index (χ0v) is 16.4. The number of nitrogens with zero attached hydrogens (tertiary/aromatic N) is 1. The number of unbranched alkanes of at least 4 members (excludes halogenated alkanes) is 2. The van der Waals surface area contributed by atoms with E-state index in [1.165, 1.54) is 25.7 Å². The first kappa shape index (κ1) is 24.4. The predicted octanol–water partition coefficient (Wildman–Crippen LogP) is 4.06. The van der Waals surface area contributed by atoms with Crippen LogP contribution in [0.15, 0.2) is 0 Å². The van der Waals surface area contributed by atoms with Gasteiger partial charge in [-0.05, 0) is 90.6 Å². The molecule has 10 radical (unpaired) electrons. The van der Waals surface area contributed by atoms with Gasteiger partial charge >= 0.3 is 17.1 Å². The van der Waals surface area contributed by atoms with Crippen LogP contribution in [-0.2, 0) is 17.1 Å². The summed E-state index contributed by atoms with van der Waals surface area (Å²) in [6.07, 6.45) is 22.5. The SMILES string of the molecule is CCCCN(CCCC)[C@@H](C)[C@H](O)[C]1[CH][CH][CH][CH]1.[CH]1[CH][CH][CH][CH]1.[Fe+2]. The third kappa shape index (κ3) is 9.80. The monoisotopic (exact) mass is 371 g/mol. The Morgan fingerprint density at radius 3 is 1.62 bits per heavy atom. The van der Waals surface area contributed by atoms with Crippen LogP contribution in [0.1, 0.15) is 46.5 Å². The molecule has 0 bridgehead atoms. The molecule has 24 heavy (non-hydrogen) atoms. The molecule has 2 fully saturated rings. The second-order valence-electron chi connectivity index (χ2n) is 6.11. The fourth-order valence-electron chi connectivity index (χ4n) is 2.63. The van der Waals surface area contributed by atoms with Crippen molar-refractivity contribution in [3.63, 3.8) is 0 Å². The minimum Gasteiger partial charge on any atom is -0.391 e. The van der Waals surface area contributed by atoms with Crippen LogP contribution >= 0.6 is 0 Å². The fourth-order valence-corrected chi connectivity index (χ4v) is 2.63. The number of hydrogen-bond acceptors (Lipinski definition) is 2. The number of aliphatic hydroxyl groups is 1. The maximum Gasteiger partial charge on any atom is 2.00 e. The molecule has 0 aromatic rings. The van der Waals surface area contributed by atoms with Crippen LogP contribution in [0.2, 0.25) is 0 Å². The maximum atomic E-state index is 10.4. The van der Waals surface area contributed by atoms with Crippen molar-refractivity contribution in [3.05, 3.63) is 63.7 Å². The zero-order valence-electron chi connectivity index (χ0n) is 15.3.